The number of aryl methyl sites for hydroxylation is 1. The minimum atomic E-state index is -4.09. The molecule has 0 N–H and O–H groups in total. The standard InChI is InChI=1S/C17H15BrClNO4S/c1-12-2-8-15(9-3-12)25(22,23)20-16(21)24-11-17(20,10-18)13-4-6-14(19)7-5-13/h2-9H,10-11H2,1H3. The fourth-order valence-electron chi connectivity index (χ4n) is 2.75. The summed E-state index contributed by atoms with van der Waals surface area (Å²) < 4.78 is 32.3. The summed E-state index contributed by atoms with van der Waals surface area (Å²) in [5.41, 5.74) is 0.369. The molecule has 3 rings (SSSR count). The Balaban J connectivity index is 2.15. The Morgan fingerprint density at radius 2 is 1.76 bits per heavy atom. The molecule has 1 aliphatic heterocycles. The molecule has 0 aliphatic carbocycles. The number of carbonyl (C=O) groups excluding carboxylic acids is 1. The molecular formula is C17H15BrClNO4S. The Hall–Kier alpha value is -1.57. The Morgan fingerprint density at radius 3 is 2.32 bits per heavy atom. The number of hydrogen-bond donors (Lipinski definition) is 0. The fraction of sp³-hybridized carbons (Fsp3) is 0.235. The minimum absolute atomic E-state index is 0.0382. The molecule has 1 saturated heterocycles. The number of nitrogens with zero attached hydrogens (tertiary/aromatic N) is 1. The summed E-state index contributed by atoms with van der Waals surface area (Å²) in [5.74, 6) is 0. The van der Waals surface area contributed by atoms with Gasteiger partial charge in [0.1, 0.15) is 12.1 Å². The minimum Gasteiger partial charge on any atom is -0.446 e. The average molecular weight is 445 g/mol. The molecule has 0 aromatic heterocycles. The van der Waals surface area contributed by atoms with Gasteiger partial charge in [-0.1, -0.05) is 57.4 Å². The van der Waals surface area contributed by atoms with E-state index in [0.29, 0.717) is 10.6 Å². The van der Waals surface area contributed by atoms with Crippen molar-refractivity contribution < 1.29 is 17.9 Å². The number of benzene rings is 2. The van der Waals surface area contributed by atoms with Crippen LogP contribution in [0.25, 0.3) is 0 Å². The Bertz CT molecular complexity index is 899. The van der Waals surface area contributed by atoms with Crippen molar-refractivity contribution in [3.63, 3.8) is 0 Å². The molecule has 0 bridgehead atoms. The summed E-state index contributed by atoms with van der Waals surface area (Å²) >= 11 is 9.29. The summed E-state index contributed by atoms with van der Waals surface area (Å²) in [7, 11) is -4.09. The Labute approximate surface area is 159 Å². The van der Waals surface area contributed by atoms with Gasteiger partial charge in [-0.05, 0) is 36.8 Å². The van der Waals surface area contributed by atoms with Gasteiger partial charge in [0.2, 0.25) is 0 Å². The number of hydrogen-bond acceptors (Lipinski definition) is 4. The van der Waals surface area contributed by atoms with Gasteiger partial charge in [0, 0.05) is 10.4 Å². The van der Waals surface area contributed by atoms with Gasteiger partial charge in [-0.2, -0.15) is 4.31 Å². The van der Waals surface area contributed by atoms with Gasteiger partial charge < -0.3 is 4.74 Å². The lowest BCUT2D eigenvalue weighted by Crippen LogP contribution is -2.49. The first-order chi connectivity index (χ1) is 11.8. The lowest BCUT2D eigenvalue weighted by atomic mass is 9.94. The highest BCUT2D eigenvalue weighted by Gasteiger charge is 2.54. The number of carbonyl (C=O) groups is 1. The molecule has 132 valence electrons. The molecule has 5 nitrogen and oxygen atoms in total. The van der Waals surface area contributed by atoms with Crippen LogP contribution in [0.1, 0.15) is 11.1 Å². The molecule has 1 fully saturated rings. The van der Waals surface area contributed by atoms with Crippen LogP contribution in [-0.4, -0.2) is 30.8 Å². The van der Waals surface area contributed by atoms with Gasteiger partial charge >= 0.3 is 6.09 Å². The highest BCUT2D eigenvalue weighted by atomic mass is 79.9. The SMILES string of the molecule is Cc1ccc(S(=O)(=O)N2C(=O)OCC2(CBr)c2ccc(Cl)cc2)cc1. The molecule has 0 saturated carbocycles. The van der Waals surface area contributed by atoms with Gasteiger partial charge in [0.05, 0.1) is 4.90 Å². The van der Waals surface area contributed by atoms with Crippen LogP contribution in [0.5, 0.6) is 0 Å². The van der Waals surface area contributed by atoms with Crippen LogP contribution in [0.4, 0.5) is 4.79 Å². The third kappa shape index (κ3) is 3.05. The van der Waals surface area contributed by atoms with Gasteiger partial charge in [-0.25, -0.2) is 13.2 Å². The van der Waals surface area contributed by atoms with E-state index in [1.54, 1.807) is 36.4 Å². The van der Waals surface area contributed by atoms with Crippen molar-refractivity contribution in [2.45, 2.75) is 17.4 Å². The van der Waals surface area contributed by atoms with Crippen LogP contribution in [0.3, 0.4) is 0 Å². The zero-order valence-corrected chi connectivity index (χ0v) is 16.4. The lowest BCUT2D eigenvalue weighted by molar-refractivity contribution is 0.169. The van der Waals surface area contributed by atoms with E-state index in [0.717, 1.165) is 9.87 Å². The van der Waals surface area contributed by atoms with Crippen LogP contribution in [0.15, 0.2) is 53.4 Å². The Morgan fingerprint density at radius 1 is 1.16 bits per heavy atom. The van der Waals surface area contributed by atoms with Gasteiger partial charge in [-0.3, -0.25) is 0 Å². The van der Waals surface area contributed by atoms with Crippen LogP contribution in [-0.2, 0) is 20.3 Å². The summed E-state index contributed by atoms with van der Waals surface area (Å²) in [6.07, 6.45) is -0.894. The summed E-state index contributed by atoms with van der Waals surface area (Å²) in [6.45, 7) is 1.78. The molecule has 1 amide bonds. The molecule has 8 heteroatoms. The molecule has 2 aromatic rings. The first kappa shape index (κ1) is 18.2. The molecular weight excluding hydrogens is 430 g/mol. The smallest absolute Gasteiger partial charge is 0.424 e. The van der Waals surface area contributed by atoms with Gasteiger partial charge in [0.15, 0.2) is 0 Å². The van der Waals surface area contributed by atoms with Crippen LogP contribution in [0.2, 0.25) is 5.02 Å². The first-order valence-electron chi connectivity index (χ1n) is 7.42. The number of rotatable bonds is 4. The zero-order valence-electron chi connectivity index (χ0n) is 13.3. The highest BCUT2D eigenvalue weighted by molar-refractivity contribution is 9.09. The first-order valence-corrected chi connectivity index (χ1v) is 10.4. The second-order valence-electron chi connectivity index (χ2n) is 5.81. The van der Waals surface area contributed by atoms with Crippen molar-refractivity contribution in [3.8, 4) is 0 Å². The van der Waals surface area contributed by atoms with E-state index in [1.807, 2.05) is 6.92 Å². The van der Waals surface area contributed by atoms with E-state index in [4.69, 9.17) is 16.3 Å². The molecule has 1 aliphatic rings. The van der Waals surface area contributed by atoms with Crippen molar-refractivity contribution >= 4 is 43.6 Å². The highest BCUT2D eigenvalue weighted by Crippen LogP contribution is 2.40. The van der Waals surface area contributed by atoms with Gasteiger partial charge in [0.25, 0.3) is 10.0 Å². The maximum atomic E-state index is 13.1. The van der Waals surface area contributed by atoms with E-state index in [1.165, 1.54) is 12.1 Å². The molecule has 1 unspecified atom stereocenters. The number of ether oxygens (including phenoxy) is 1. The monoisotopic (exact) mass is 443 g/mol. The second-order valence-corrected chi connectivity index (χ2v) is 8.59. The maximum absolute atomic E-state index is 13.1. The van der Waals surface area contributed by atoms with Crippen molar-refractivity contribution in [2.75, 3.05) is 11.9 Å². The molecule has 2 aromatic carbocycles. The normalized spacial score (nSPS) is 20.6. The summed E-state index contributed by atoms with van der Waals surface area (Å²) in [5, 5.41) is 0.713. The molecule has 0 radical (unpaired) electrons. The molecule has 0 spiro atoms. The summed E-state index contributed by atoms with van der Waals surface area (Å²) in [6, 6.07) is 13.0. The molecule has 1 atom stereocenters. The van der Waals surface area contributed by atoms with Gasteiger partial charge in [-0.15, -0.1) is 0 Å². The Kier molecular flexibility index (Phi) is 4.83. The number of sulfonamides is 1. The van der Waals surface area contributed by atoms with E-state index in [9.17, 15) is 13.2 Å². The predicted molar refractivity (Wildman–Crippen MR) is 98.5 cm³/mol. The number of halogens is 2. The van der Waals surface area contributed by atoms with Crippen LogP contribution < -0.4 is 0 Å². The van der Waals surface area contributed by atoms with Crippen LogP contribution in [0, 0.1) is 6.92 Å². The van der Waals surface area contributed by atoms with Crippen molar-refractivity contribution in [3.05, 3.63) is 64.7 Å². The van der Waals surface area contributed by atoms with Crippen molar-refractivity contribution in [1.82, 2.24) is 4.31 Å². The third-order valence-electron chi connectivity index (χ3n) is 4.15. The number of amides is 1. The van der Waals surface area contributed by atoms with E-state index in [2.05, 4.69) is 15.9 Å². The third-order valence-corrected chi connectivity index (χ3v) is 7.18. The molecule has 25 heavy (non-hydrogen) atoms. The lowest BCUT2D eigenvalue weighted by Gasteiger charge is -2.33. The topological polar surface area (TPSA) is 63.7 Å². The summed E-state index contributed by atoms with van der Waals surface area (Å²) in [4.78, 5) is 12.4. The largest absolute Gasteiger partial charge is 0.446 e. The zero-order chi connectivity index (χ0) is 18.2. The van der Waals surface area contributed by atoms with Crippen molar-refractivity contribution in [1.29, 1.82) is 0 Å². The number of alkyl halides is 1. The van der Waals surface area contributed by atoms with E-state index in [-0.39, 0.29) is 16.8 Å². The van der Waals surface area contributed by atoms with E-state index >= 15 is 0 Å². The van der Waals surface area contributed by atoms with Crippen LogP contribution >= 0.6 is 27.5 Å². The van der Waals surface area contributed by atoms with Crippen molar-refractivity contribution in [2.24, 2.45) is 0 Å². The fourth-order valence-corrected chi connectivity index (χ4v) is 5.40. The average Bonchev–Trinajstić information content (AvgIpc) is 2.94. The quantitative estimate of drug-likeness (QED) is 0.667. The second kappa shape index (κ2) is 6.63. The maximum Gasteiger partial charge on any atom is 0.424 e. The predicted octanol–water partition coefficient (Wildman–Crippen LogP) is 4.08. The number of cyclic esters (lactones) is 1. The van der Waals surface area contributed by atoms with E-state index < -0.39 is 21.7 Å². The molecule has 1 heterocycles.